The molecule has 2 aliphatic heterocycles. The fourth-order valence-corrected chi connectivity index (χ4v) is 7.72. The summed E-state index contributed by atoms with van der Waals surface area (Å²) in [7, 11) is -7.87. The quantitative estimate of drug-likeness (QED) is 0.553. The van der Waals surface area contributed by atoms with Gasteiger partial charge in [0.1, 0.15) is 16.2 Å². The number of amidine groups is 1. The van der Waals surface area contributed by atoms with E-state index in [0.29, 0.717) is 12.5 Å². The van der Waals surface area contributed by atoms with E-state index < -0.39 is 26.0 Å². The summed E-state index contributed by atoms with van der Waals surface area (Å²) in [6.07, 6.45) is 3.92. The van der Waals surface area contributed by atoms with Crippen LogP contribution in [-0.4, -0.2) is 57.4 Å². The van der Waals surface area contributed by atoms with Gasteiger partial charge in [-0.1, -0.05) is 13.8 Å². The lowest BCUT2D eigenvalue weighted by atomic mass is 9.77. The van der Waals surface area contributed by atoms with Gasteiger partial charge in [-0.25, -0.2) is 8.42 Å². The maximum atomic E-state index is 13.6. The highest BCUT2D eigenvalue weighted by molar-refractivity contribution is 7.92. The molecule has 10 nitrogen and oxygen atoms in total. The lowest BCUT2D eigenvalue weighted by Crippen LogP contribution is -2.55. The minimum atomic E-state index is -4.26. The van der Waals surface area contributed by atoms with Crippen LogP contribution in [0.4, 0.5) is 11.4 Å². The SMILES string of the molecule is CC(C)CN1C(=O)C(C2=NS(=O)(=O)c3cc(NS(C)(=O)=O)ccc3N2)=C(O)C2C1[C@H]1CC[C@@H]2C1. The number of hydrogen-bond donors (Lipinski definition) is 3. The van der Waals surface area contributed by atoms with Crippen molar-refractivity contribution in [3.63, 3.8) is 0 Å². The molecule has 184 valence electrons. The molecule has 3 N–H and O–H groups in total. The number of aliphatic hydroxyl groups is 1. The summed E-state index contributed by atoms with van der Waals surface area (Å²) in [5.74, 6) is -0.119. The number of nitrogens with zero attached hydrogens (tertiary/aromatic N) is 2. The molecule has 5 rings (SSSR count). The highest BCUT2D eigenvalue weighted by atomic mass is 32.2. The van der Waals surface area contributed by atoms with Crippen molar-refractivity contribution in [2.24, 2.45) is 28.1 Å². The van der Waals surface area contributed by atoms with Crippen molar-refractivity contribution in [2.75, 3.05) is 22.8 Å². The number of aliphatic hydroxyl groups excluding tert-OH is 1. The first kappa shape index (κ1) is 23.2. The van der Waals surface area contributed by atoms with Crippen molar-refractivity contribution in [2.45, 2.75) is 44.0 Å². The molecule has 4 aliphatic rings. The zero-order valence-electron chi connectivity index (χ0n) is 19.1. The average molecular weight is 509 g/mol. The maximum Gasteiger partial charge on any atom is 0.286 e. The summed E-state index contributed by atoms with van der Waals surface area (Å²) >= 11 is 0. The van der Waals surface area contributed by atoms with E-state index in [1.54, 1.807) is 4.90 Å². The topological polar surface area (TPSA) is 145 Å². The van der Waals surface area contributed by atoms with E-state index in [4.69, 9.17) is 0 Å². The van der Waals surface area contributed by atoms with Gasteiger partial charge in [0.2, 0.25) is 10.0 Å². The fraction of sp³-hybridized carbons (Fsp3) is 0.545. The number of hydrogen-bond acceptors (Lipinski definition) is 7. The van der Waals surface area contributed by atoms with Crippen LogP contribution in [0, 0.1) is 23.7 Å². The molecule has 12 heteroatoms. The van der Waals surface area contributed by atoms with Gasteiger partial charge in [-0.3, -0.25) is 9.52 Å². The van der Waals surface area contributed by atoms with Crippen molar-refractivity contribution in [3.8, 4) is 0 Å². The molecule has 1 aromatic carbocycles. The van der Waals surface area contributed by atoms with E-state index in [-0.39, 0.29) is 57.2 Å². The summed E-state index contributed by atoms with van der Waals surface area (Å²) in [6.45, 7) is 4.55. The van der Waals surface area contributed by atoms with Crippen molar-refractivity contribution in [3.05, 3.63) is 29.5 Å². The number of carbonyl (C=O) groups excluding carboxylic acids is 1. The Hall–Kier alpha value is -2.60. The van der Waals surface area contributed by atoms with Crippen molar-refractivity contribution in [1.29, 1.82) is 0 Å². The minimum Gasteiger partial charge on any atom is -0.511 e. The Bertz CT molecular complexity index is 1350. The van der Waals surface area contributed by atoms with E-state index in [2.05, 4.69) is 14.4 Å². The minimum absolute atomic E-state index is 0.0740. The molecule has 2 saturated carbocycles. The number of benzene rings is 1. The van der Waals surface area contributed by atoms with E-state index in [1.165, 1.54) is 18.2 Å². The number of anilines is 2. The molecule has 34 heavy (non-hydrogen) atoms. The summed E-state index contributed by atoms with van der Waals surface area (Å²) in [4.78, 5) is 15.2. The first-order valence-electron chi connectivity index (χ1n) is 11.3. The fourth-order valence-electron chi connectivity index (χ4n) is 6.01. The van der Waals surface area contributed by atoms with Crippen molar-refractivity contribution < 1.29 is 26.7 Å². The van der Waals surface area contributed by atoms with E-state index in [0.717, 1.165) is 25.5 Å². The summed E-state index contributed by atoms with van der Waals surface area (Å²) in [6, 6.07) is 3.92. The monoisotopic (exact) mass is 508 g/mol. The second-order valence-electron chi connectivity index (χ2n) is 10.1. The third-order valence-corrected chi connectivity index (χ3v) is 9.03. The molecule has 2 bridgehead atoms. The number of rotatable bonds is 5. The zero-order valence-corrected chi connectivity index (χ0v) is 20.8. The predicted octanol–water partition coefficient (Wildman–Crippen LogP) is 2.30. The Labute approximate surface area is 199 Å². The average Bonchev–Trinajstić information content (AvgIpc) is 3.32. The number of carbonyl (C=O) groups is 1. The number of sulfonamides is 2. The van der Waals surface area contributed by atoms with Gasteiger partial charge in [-0.2, -0.15) is 8.42 Å². The van der Waals surface area contributed by atoms with Gasteiger partial charge in [0.25, 0.3) is 15.9 Å². The molecule has 2 heterocycles. The van der Waals surface area contributed by atoms with Gasteiger partial charge >= 0.3 is 0 Å². The Kier molecular flexibility index (Phi) is 5.25. The van der Waals surface area contributed by atoms with E-state index >= 15 is 0 Å². The molecule has 2 fully saturated rings. The molecule has 0 saturated heterocycles. The van der Waals surface area contributed by atoms with Gasteiger partial charge in [0.05, 0.1) is 11.9 Å². The van der Waals surface area contributed by atoms with Crippen LogP contribution in [0.1, 0.15) is 33.1 Å². The lowest BCUT2D eigenvalue weighted by Gasteiger charge is -2.44. The number of nitrogens with one attached hydrogen (secondary N) is 2. The molecule has 0 aromatic heterocycles. The predicted molar refractivity (Wildman–Crippen MR) is 127 cm³/mol. The molecule has 2 unspecified atom stereocenters. The standard InChI is InChI=1S/C22H28N4O6S2/c1-11(2)10-26-19-13-5-4-12(8-13)17(19)20(27)18(22(26)28)21-23-15-7-6-14(24-33(3,29)30)9-16(15)34(31,32)25-21/h6-7,9,11-13,17,19,24,27H,4-5,8,10H2,1-3H3,(H,23,25)/t12-,13+,17?,19?/m1/s1. The molecule has 2 aliphatic carbocycles. The first-order valence-corrected chi connectivity index (χ1v) is 14.7. The number of fused-ring (bicyclic) bond motifs is 6. The Morgan fingerprint density at radius 2 is 1.97 bits per heavy atom. The smallest absolute Gasteiger partial charge is 0.286 e. The summed E-state index contributed by atoms with van der Waals surface area (Å²) in [5, 5.41) is 14.2. The Morgan fingerprint density at radius 1 is 1.26 bits per heavy atom. The molecule has 1 amide bonds. The van der Waals surface area contributed by atoms with Crippen molar-refractivity contribution in [1.82, 2.24) is 4.90 Å². The van der Waals surface area contributed by atoms with Gasteiger partial charge in [0.15, 0.2) is 5.84 Å². The van der Waals surface area contributed by atoms with Crippen LogP contribution in [0.15, 0.2) is 38.8 Å². The molecular formula is C22H28N4O6S2. The van der Waals surface area contributed by atoms with E-state index in [1.807, 2.05) is 13.8 Å². The Morgan fingerprint density at radius 3 is 2.65 bits per heavy atom. The lowest BCUT2D eigenvalue weighted by molar-refractivity contribution is -0.134. The van der Waals surface area contributed by atoms with Crippen molar-refractivity contribution >= 4 is 43.2 Å². The third-order valence-electron chi connectivity index (χ3n) is 7.10. The van der Waals surface area contributed by atoms with Gasteiger partial charge in [-0.05, 0) is 55.2 Å². The van der Waals surface area contributed by atoms with Crippen LogP contribution >= 0.6 is 0 Å². The molecule has 0 radical (unpaired) electrons. The Balaban J connectivity index is 1.57. The molecule has 4 atom stereocenters. The second-order valence-corrected chi connectivity index (χ2v) is 13.4. The van der Waals surface area contributed by atoms with Crippen LogP contribution < -0.4 is 10.0 Å². The highest BCUT2D eigenvalue weighted by Crippen LogP contribution is 2.55. The first-order chi connectivity index (χ1) is 15.9. The second kappa shape index (κ2) is 7.70. The normalized spacial score (nSPS) is 29.6. The zero-order chi connectivity index (χ0) is 24.6. The van der Waals surface area contributed by atoms with Gasteiger partial charge in [-0.15, -0.1) is 4.40 Å². The van der Waals surface area contributed by atoms with Crippen LogP contribution in [0.3, 0.4) is 0 Å². The third kappa shape index (κ3) is 3.76. The molecular weight excluding hydrogens is 480 g/mol. The van der Waals surface area contributed by atoms with Crippen LogP contribution in [0.25, 0.3) is 0 Å². The molecule has 0 spiro atoms. The number of amides is 1. The molecule has 1 aromatic rings. The summed E-state index contributed by atoms with van der Waals surface area (Å²) < 4.78 is 55.2. The largest absolute Gasteiger partial charge is 0.511 e. The summed E-state index contributed by atoms with van der Waals surface area (Å²) in [5.41, 5.74) is 0.138. The van der Waals surface area contributed by atoms with E-state index in [9.17, 15) is 26.7 Å². The van der Waals surface area contributed by atoms with Crippen LogP contribution in [-0.2, 0) is 24.8 Å². The van der Waals surface area contributed by atoms with Gasteiger partial charge < -0.3 is 15.3 Å². The highest BCUT2D eigenvalue weighted by Gasteiger charge is 2.57. The maximum absolute atomic E-state index is 13.6. The van der Waals surface area contributed by atoms with Gasteiger partial charge in [0, 0.05) is 24.2 Å². The van der Waals surface area contributed by atoms with Crippen LogP contribution in [0.2, 0.25) is 0 Å². The van der Waals surface area contributed by atoms with Crippen LogP contribution in [0.5, 0.6) is 0 Å².